The highest BCUT2D eigenvalue weighted by molar-refractivity contribution is 7.90. The minimum atomic E-state index is -3.54. The van der Waals surface area contributed by atoms with Crippen LogP contribution >= 0.6 is 0 Å². The molecule has 106 valence electrons. The van der Waals surface area contributed by atoms with Gasteiger partial charge in [-0.05, 0) is 51.3 Å². The first-order valence-corrected chi connectivity index (χ1v) is 7.84. The van der Waals surface area contributed by atoms with Gasteiger partial charge in [0.05, 0.1) is 5.69 Å². The van der Waals surface area contributed by atoms with E-state index in [1.165, 1.54) is 4.31 Å². The fraction of sp³-hybridized carbons (Fsp3) is 0.538. The maximum atomic E-state index is 12.4. The molecule has 0 radical (unpaired) electrons. The molecule has 0 amide bonds. The molecular formula is C13H21N3O2S. The summed E-state index contributed by atoms with van der Waals surface area (Å²) in [6, 6.07) is 5.41. The third kappa shape index (κ3) is 3.01. The van der Waals surface area contributed by atoms with Crippen LogP contribution in [0, 0.1) is 0 Å². The SMILES string of the molecule is CC(C)(C)NS(=O)(=O)N1CCCc2c(N)cccc21. The van der Waals surface area contributed by atoms with Gasteiger partial charge in [0.2, 0.25) is 0 Å². The zero-order valence-corrected chi connectivity index (χ0v) is 12.4. The smallest absolute Gasteiger partial charge is 0.302 e. The van der Waals surface area contributed by atoms with E-state index in [1.54, 1.807) is 6.07 Å². The molecule has 0 bridgehead atoms. The van der Waals surface area contributed by atoms with E-state index in [1.807, 2.05) is 32.9 Å². The lowest BCUT2D eigenvalue weighted by Crippen LogP contribution is -2.50. The Morgan fingerprint density at radius 3 is 2.63 bits per heavy atom. The third-order valence-electron chi connectivity index (χ3n) is 2.97. The van der Waals surface area contributed by atoms with Crippen LogP contribution in [-0.2, 0) is 16.6 Å². The monoisotopic (exact) mass is 283 g/mol. The van der Waals surface area contributed by atoms with Crippen molar-refractivity contribution in [3.63, 3.8) is 0 Å². The molecule has 1 aromatic carbocycles. The second kappa shape index (κ2) is 4.68. The number of nitrogens with zero attached hydrogens (tertiary/aromatic N) is 1. The first-order chi connectivity index (χ1) is 8.71. The lowest BCUT2D eigenvalue weighted by molar-refractivity contribution is 0.487. The van der Waals surface area contributed by atoms with E-state index in [2.05, 4.69) is 4.72 Å². The summed E-state index contributed by atoms with van der Waals surface area (Å²) in [5, 5.41) is 0. The lowest BCUT2D eigenvalue weighted by atomic mass is 10.0. The zero-order chi connectivity index (χ0) is 14.3. The van der Waals surface area contributed by atoms with Crippen LogP contribution in [0.3, 0.4) is 0 Å². The van der Waals surface area contributed by atoms with Crippen molar-refractivity contribution >= 4 is 21.6 Å². The number of nitrogen functional groups attached to an aromatic ring is 1. The third-order valence-corrected chi connectivity index (χ3v) is 4.80. The summed E-state index contributed by atoms with van der Waals surface area (Å²) in [5.41, 5.74) is 7.71. The molecule has 0 atom stereocenters. The molecule has 5 nitrogen and oxygen atoms in total. The molecule has 0 spiro atoms. The number of hydrogen-bond acceptors (Lipinski definition) is 3. The van der Waals surface area contributed by atoms with Crippen molar-refractivity contribution in [2.45, 2.75) is 39.2 Å². The van der Waals surface area contributed by atoms with Crippen molar-refractivity contribution in [1.82, 2.24) is 4.72 Å². The summed E-state index contributed by atoms with van der Waals surface area (Å²) in [4.78, 5) is 0. The summed E-state index contributed by atoms with van der Waals surface area (Å²) >= 11 is 0. The van der Waals surface area contributed by atoms with Crippen LogP contribution in [-0.4, -0.2) is 20.5 Å². The standard InChI is InChI=1S/C13H21N3O2S/c1-13(2,3)15-19(17,18)16-9-5-6-10-11(14)7-4-8-12(10)16/h4,7-8,15H,5-6,9,14H2,1-3H3. The van der Waals surface area contributed by atoms with Gasteiger partial charge in [0, 0.05) is 17.8 Å². The van der Waals surface area contributed by atoms with E-state index in [-0.39, 0.29) is 0 Å². The molecule has 0 saturated carbocycles. The fourth-order valence-electron chi connectivity index (χ4n) is 2.31. The summed E-state index contributed by atoms with van der Waals surface area (Å²) in [5.74, 6) is 0. The number of fused-ring (bicyclic) bond motifs is 1. The molecule has 1 aliphatic heterocycles. The summed E-state index contributed by atoms with van der Waals surface area (Å²) in [6.07, 6.45) is 1.61. The van der Waals surface area contributed by atoms with Gasteiger partial charge in [0.1, 0.15) is 0 Å². The van der Waals surface area contributed by atoms with Gasteiger partial charge < -0.3 is 5.73 Å². The second-order valence-electron chi connectivity index (χ2n) is 5.88. The topological polar surface area (TPSA) is 75.4 Å². The van der Waals surface area contributed by atoms with Gasteiger partial charge in [-0.25, -0.2) is 0 Å². The Morgan fingerprint density at radius 1 is 1.32 bits per heavy atom. The van der Waals surface area contributed by atoms with E-state index in [9.17, 15) is 8.42 Å². The van der Waals surface area contributed by atoms with Crippen molar-refractivity contribution in [2.75, 3.05) is 16.6 Å². The van der Waals surface area contributed by atoms with Gasteiger partial charge in [-0.15, -0.1) is 0 Å². The van der Waals surface area contributed by atoms with Crippen LogP contribution in [0.4, 0.5) is 11.4 Å². The number of nitrogens with two attached hydrogens (primary N) is 1. The summed E-state index contributed by atoms with van der Waals surface area (Å²) in [7, 11) is -3.54. The van der Waals surface area contributed by atoms with Crippen LogP contribution < -0.4 is 14.8 Å². The molecular weight excluding hydrogens is 262 g/mol. The van der Waals surface area contributed by atoms with Gasteiger partial charge in [0.15, 0.2) is 0 Å². The molecule has 0 aromatic heterocycles. The quantitative estimate of drug-likeness (QED) is 0.810. The van der Waals surface area contributed by atoms with Crippen LogP contribution in [0.25, 0.3) is 0 Å². The van der Waals surface area contributed by atoms with Crippen LogP contribution in [0.1, 0.15) is 32.8 Å². The average Bonchev–Trinajstić information content (AvgIpc) is 2.25. The van der Waals surface area contributed by atoms with Crippen molar-refractivity contribution in [2.24, 2.45) is 0 Å². The Bertz CT molecular complexity index is 576. The van der Waals surface area contributed by atoms with E-state index < -0.39 is 15.7 Å². The number of hydrogen-bond donors (Lipinski definition) is 2. The molecule has 3 N–H and O–H groups in total. The molecule has 2 rings (SSSR count). The van der Waals surface area contributed by atoms with E-state index in [0.29, 0.717) is 17.9 Å². The predicted molar refractivity (Wildman–Crippen MR) is 78.3 cm³/mol. The first-order valence-electron chi connectivity index (χ1n) is 6.40. The summed E-state index contributed by atoms with van der Waals surface area (Å²) in [6.45, 7) is 5.97. The Balaban J connectivity index is 2.42. The highest BCUT2D eigenvalue weighted by Gasteiger charge is 2.31. The first kappa shape index (κ1) is 14.1. The van der Waals surface area contributed by atoms with Crippen LogP contribution in [0.2, 0.25) is 0 Å². The van der Waals surface area contributed by atoms with Crippen molar-refractivity contribution < 1.29 is 8.42 Å². The molecule has 1 aromatic rings. The largest absolute Gasteiger partial charge is 0.398 e. The molecule has 1 heterocycles. The van der Waals surface area contributed by atoms with Crippen molar-refractivity contribution in [1.29, 1.82) is 0 Å². The number of anilines is 2. The number of rotatable bonds is 2. The van der Waals surface area contributed by atoms with E-state index in [0.717, 1.165) is 18.4 Å². The Morgan fingerprint density at radius 2 is 2.00 bits per heavy atom. The fourth-order valence-corrected chi connectivity index (χ4v) is 3.99. The Labute approximate surface area is 115 Å². The van der Waals surface area contributed by atoms with Gasteiger partial charge in [0.25, 0.3) is 0 Å². The molecule has 1 aliphatic rings. The van der Waals surface area contributed by atoms with Gasteiger partial charge in [-0.2, -0.15) is 13.1 Å². The number of nitrogens with one attached hydrogen (secondary N) is 1. The Kier molecular flexibility index (Phi) is 3.49. The molecule has 0 unspecified atom stereocenters. The van der Waals surface area contributed by atoms with Crippen LogP contribution in [0.15, 0.2) is 18.2 Å². The minimum absolute atomic E-state index is 0.488. The maximum Gasteiger partial charge on any atom is 0.302 e. The molecule has 19 heavy (non-hydrogen) atoms. The summed E-state index contributed by atoms with van der Waals surface area (Å²) < 4.78 is 29.0. The molecule has 6 heteroatoms. The van der Waals surface area contributed by atoms with E-state index in [4.69, 9.17) is 5.73 Å². The highest BCUT2D eigenvalue weighted by atomic mass is 32.2. The van der Waals surface area contributed by atoms with E-state index >= 15 is 0 Å². The van der Waals surface area contributed by atoms with Gasteiger partial charge in [-0.1, -0.05) is 6.07 Å². The maximum absolute atomic E-state index is 12.4. The average molecular weight is 283 g/mol. The van der Waals surface area contributed by atoms with Gasteiger partial charge in [-0.3, -0.25) is 4.31 Å². The van der Waals surface area contributed by atoms with Crippen molar-refractivity contribution in [3.8, 4) is 0 Å². The molecule has 0 fully saturated rings. The predicted octanol–water partition coefficient (Wildman–Crippen LogP) is 1.65. The normalized spacial score (nSPS) is 16.3. The zero-order valence-electron chi connectivity index (χ0n) is 11.6. The van der Waals surface area contributed by atoms with Crippen molar-refractivity contribution in [3.05, 3.63) is 23.8 Å². The number of benzene rings is 1. The van der Waals surface area contributed by atoms with Crippen LogP contribution in [0.5, 0.6) is 0 Å². The lowest BCUT2D eigenvalue weighted by Gasteiger charge is -2.33. The molecule has 0 aliphatic carbocycles. The second-order valence-corrected chi connectivity index (χ2v) is 7.47. The highest BCUT2D eigenvalue weighted by Crippen LogP contribution is 2.32. The molecule has 0 saturated heterocycles. The van der Waals surface area contributed by atoms with Gasteiger partial charge >= 0.3 is 10.2 Å². The Hall–Kier alpha value is -1.27. The minimum Gasteiger partial charge on any atom is -0.398 e.